The maximum absolute atomic E-state index is 12.4. The number of hydrogen-bond acceptors (Lipinski definition) is 6. The first-order valence-corrected chi connectivity index (χ1v) is 9.28. The van der Waals surface area contributed by atoms with Crippen LogP contribution in [0.5, 0.6) is 0 Å². The molecule has 4 aromatic rings. The van der Waals surface area contributed by atoms with Crippen LogP contribution in [0.2, 0.25) is 0 Å². The average molecular weight is 402 g/mol. The van der Waals surface area contributed by atoms with E-state index in [1.165, 1.54) is 18.2 Å². The van der Waals surface area contributed by atoms with Crippen molar-refractivity contribution in [1.29, 1.82) is 0 Å². The van der Waals surface area contributed by atoms with Crippen molar-refractivity contribution in [3.8, 4) is 0 Å². The molecule has 1 heterocycles. The summed E-state index contributed by atoms with van der Waals surface area (Å²) < 4.78 is 5.25. The number of rotatable bonds is 6. The van der Waals surface area contributed by atoms with Crippen LogP contribution < -0.4 is 10.6 Å². The zero-order valence-electron chi connectivity index (χ0n) is 16.0. The van der Waals surface area contributed by atoms with E-state index in [-0.39, 0.29) is 17.6 Å². The molecule has 1 amide bonds. The zero-order valence-corrected chi connectivity index (χ0v) is 16.0. The van der Waals surface area contributed by atoms with Crippen LogP contribution in [0.3, 0.4) is 0 Å². The van der Waals surface area contributed by atoms with Crippen molar-refractivity contribution in [2.75, 3.05) is 10.6 Å². The number of aromatic nitrogens is 1. The zero-order chi connectivity index (χ0) is 21.1. The second-order valence-corrected chi connectivity index (χ2v) is 6.78. The van der Waals surface area contributed by atoms with Crippen LogP contribution >= 0.6 is 0 Å². The summed E-state index contributed by atoms with van der Waals surface area (Å²) in [6, 6.07) is 20.5. The Morgan fingerprint density at radius 2 is 1.87 bits per heavy atom. The molecule has 1 atom stereocenters. The van der Waals surface area contributed by atoms with E-state index in [2.05, 4.69) is 15.8 Å². The molecule has 3 aromatic carbocycles. The molecule has 1 aromatic heterocycles. The van der Waals surface area contributed by atoms with E-state index in [0.29, 0.717) is 28.0 Å². The van der Waals surface area contributed by atoms with E-state index in [1.807, 2.05) is 49.4 Å². The van der Waals surface area contributed by atoms with E-state index in [4.69, 9.17) is 4.52 Å². The Hall–Kier alpha value is -4.20. The van der Waals surface area contributed by atoms with Gasteiger partial charge in [-0.05, 0) is 42.8 Å². The van der Waals surface area contributed by atoms with Gasteiger partial charge in [0.25, 0.3) is 11.6 Å². The molecule has 30 heavy (non-hydrogen) atoms. The monoisotopic (exact) mass is 402 g/mol. The first-order chi connectivity index (χ1) is 14.5. The number of carbonyl (C=O) groups excluding carboxylic acids is 1. The molecule has 4 rings (SSSR count). The highest BCUT2D eigenvalue weighted by Crippen LogP contribution is 2.30. The number of anilines is 2. The molecule has 8 nitrogen and oxygen atoms in total. The molecular formula is C22H18N4O4. The van der Waals surface area contributed by atoms with Gasteiger partial charge in [-0.3, -0.25) is 14.9 Å². The average Bonchev–Trinajstić information content (AvgIpc) is 3.16. The fourth-order valence-electron chi connectivity index (χ4n) is 3.11. The molecule has 0 bridgehead atoms. The van der Waals surface area contributed by atoms with E-state index in [9.17, 15) is 14.9 Å². The summed E-state index contributed by atoms with van der Waals surface area (Å²) in [4.78, 5) is 23.0. The number of benzene rings is 3. The summed E-state index contributed by atoms with van der Waals surface area (Å²) in [5, 5.41) is 21.7. The van der Waals surface area contributed by atoms with Gasteiger partial charge in [0.15, 0.2) is 11.4 Å². The molecule has 2 N–H and O–H groups in total. The summed E-state index contributed by atoms with van der Waals surface area (Å²) in [5.41, 5.74) is 2.56. The first kappa shape index (κ1) is 19.1. The summed E-state index contributed by atoms with van der Waals surface area (Å²) in [6.07, 6.45) is 0. The van der Waals surface area contributed by atoms with Crippen molar-refractivity contribution >= 4 is 34.1 Å². The van der Waals surface area contributed by atoms with Gasteiger partial charge in [-0.1, -0.05) is 35.5 Å². The maximum atomic E-state index is 12.4. The van der Waals surface area contributed by atoms with Crippen molar-refractivity contribution < 1.29 is 14.2 Å². The van der Waals surface area contributed by atoms with E-state index >= 15 is 0 Å². The minimum atomic E-state index is -0.460. The number of carbonyl (C=O) groups is 1. The molecular weight excluding hydrogens is 384 g/mol. The van der Waals surface area contributed by atoms with Gasteiger partial charge >= 0.3 is 0 Å². The van der Waals surface area contributed by atoms with Crippen LogP contribution in [-0.4, -0.2) is 16.0 Å². The third-order valence-corrected chi connectivity index (χ3v) is 4.70. The number of non-ortho nitro benzene ring substituents is 1. The minimum absolute atomic E-state index is 0.0352. The molecule has 1 unspecified atom stereocenters. The Balaban J connectivity index is 1.53. The summed E-state index contributed by atoms with van der Waals surface area (Å²) >= 11 is 0. The molecule has 0 saturated heterocycles. The second kappa shape index (κ2) is 8.04. The van der Waals surface area contributed by atoms with Crippen molar-refractivity contribution in [3.63, 3.8) is 0 Å². The molecule has 0 aliphatic rings. The molecule has 0 aliphatic carbocycles. The smallest absolute Gasteiger partial charge is 0.270 e. The van der Waals surface area contributed by atoms with Gasteiger partial charge in [0, 0.05) is 23.4 Å². The Kier molecular flexibility index (Phi) is 5.13. The molecule has 0 saturated carbocycles. The predicted molar refractivity (Wildman–Crippen MR) is 114 cm³/mol. The van der Waals surface area contributed by atoms with Crippen molar-refractivity contribution in [2.24, 2.45) is 0 Å². The molecule has 0 fully saturated rings. The van der Waals surface area contributed by atoms with Crippen LogP contribution in [0, 0.1) is 10.1 Å². The van der Waals surface area contributed by atoms with Crippen LogP contribution in [0.1, 0.15) is 28.9 Å². The first-order valence-electron chi connectivity index (χ1n) is 9.28. The number of nitro groups is 1. The van der Waals surface area contributed by atoms with Crippen molar-refractivity contribution in [3.05, 3.63) is 94.0 Å². The summed E-state index contributed by atoms with van der Waals surface area (Å²) in [5.74, 6) is 0.225. The van der Waals surface area contributed by atoms with Gasteiger partial charge < -0.3 is 15.2 Å². The number of amides is 1. The van der Waals surface area contributed by atoms with Gasteiger partial charge in [0.05, 0.1) is 16.4 Å². The number of nitro benzene ring substituents is 1. The predicted octanol–water partition coefficient (Wildman–Crippen LogP) is 5.16. The van der Waals surface area contributed by atoms with E-state index in [1.54, 1.807) is 12.1 Å². The van der Waals surface area contributed by atoms with Crippen LogP contribution in [0.25, 0.3) is 11.0 Å². The van der Waals surface area contributed by atoms with Crippen molar-refractivity contribution in [2.45, 2.75) is 13.0 Å². The summed E-state index contributed by atoms with van der Waals surface area (Å²) in [6.45, 7) is 1.93. The molecule has 0 radical (unpaired) electrons. The fraction of sp³-hybridized carbons (Fsp3) is 0.0909. The fourth-order valence-corrected chi connectivity index (χ4v) is 3.11. The number of nitrogens with one attached hydrogen (secondary N) is 2. The van der Waals surface area contributed by atoms with Crippen LogP contribution in [0.15, 0.2) is 77.3 Å². The molecule has 8 heteroatoms. The number of hydrogen-bond donors (Lipinski definition) is 2. The van der Waals surface area contributed by atoms with Crippen molar-refractivity contribution in [1.82, 2.24) is 5.16 Å². The largest absolute Gasteiger partial charge is 0.360 e. The lowest BCUT2D eigenvalue weighted by Gasteiger charge is -2.15. The summed E-state index contributed by atoms with van der Waals surface area (Å²) in [7, 11) is 0. The quantitative estimate of drug-likeness (QED) is 0.340. The van der Waals surface area contributed by atoms with E-state index in [0.717, 1.165) is 5.56 Å². The number of nitrogens with zero attached hydrogens (tertiary/aromatic N) is 2. The van der Waals surface area contributed by atoms with Gasteiger partial charge in [-0.2, -0.15) is 0 Å². The standard InChI is InChI=1S/C22H18N4O4/c1-14(23-21-19-13-18(26(28)29)10-11-20(19)30-25-21)16-8-5-9-17(12-16)24-22(27)15-6-3-2-4-7-15/h2-14H,1H3,(H,23,25)(H,24,27). The lowest BCUT2D eigenvalue weighted by Crippen LogP contribution is -2.12. The van der Waals surface area contributed by atoms with Gasteiger partial charge in [-0.25, -0.2) is 0 Å². The Labute approximate surface area is 171 Å². The highest BCUT2D eigenvalue weighted by atomic mass is 16.6. The highest BCUT2D eigenvalue weighted by Gasteiger charge is 2.16. The molecule has 150 valence electrons. The van der Waals surface area contributed by atoms with Crippen LogP contribution in [0.4, 0.5) is 17.2 Å². The molecule has 0 aliphatic heterocycles. The minimum Gasteiger partial charge on any atom is -0.360 e. The van der Waals surface area contributed by atoms with Gasteiger partial charge in [0.1, 0.15) is 0 Å². The number of fused-ring (bicyclic) bond motifs is 1. The third kappa shape index (κ3) is 3.97. The Morgan fingerprint density at radius 1 is 1.07 bits per heavy atom. The topological polar surface area (TPSA) is 110 Å². The Morgan fingerprint density at radius 3 is 2.63 bits per heavy atom. The SMILES string of the molecule is CC(Nc1noc2ccc([N+](=O)[O-])cc12)c1cccc(NC(=O)c2ccccc2)c1. The van der Waals surface area contributed by atoms with Crippen LogP contribution in [-0.2, 0) is 0 Å². The van der Waals surface area contributed by atoms with E-state index < -0.39 is 4.92 Å². The second-order valence-electron chi connectivity index (χ2n) is 6.78. The van der Waals surface area contributed by atoms with Gasteiger partial charge in [-0.15, -0.1) is 0 Å². The Bertz CT molecular complexity index is 1220. The third-order valence-electron chi connectivity index (χ3n) is 4.70. The lowest BCUT2D eigenvalue weighted by atomic mass is 10.1. The normalized spacial score (nSPS) is 11.8. The maximum Gasteiger partial charge on any atom is 0.270 e. The van der Waals surface area contributed by atoms with Gasteiger partial charge in [0.2, 0.25) is 0 Å². The highest BCUT2D eigenvalue weighted by molar-refractivity contribution is 6.04. The molecule has 0 spiro atoms. The lowest BCUT2D eigenvalue weighted by molar-refractivity contribution is -0.384.